The molecule has 0 spiro atoms. The Balaban J connectivity index is 3.05. The van der Waals surface area contributed by atoms with Crippen molar-refractivity contribution >= 4 is 0 Å². The third kappa shape index (κ3) is 1.32. The summed E-state index contributed by atoms with van der Waals surface area (Å²) in [4.78, 5) is 3.72. The molecule has 12 heavy (non-hydrogen) atoms. The maximum Gasteiger partial charge on any atom is 0.261 e. The van der Waals surface area contributed by atoms with E-state index in [1.165, 1.54) is 24.0 Å². The van der Waals surface area contributed by atoms with Gasteiger partial charge in [0.2, 0.25) is 0 Å². The van der Waals surface area contributed by atoms with Crippen molar-refractivity contribution in [2.75, 3.05) is 0 Å². The van der Waals surface area contributed by atoms with Crippen molar-refractivity contribution in [3.63, 3.8) is 0 Å². The van der Waals surface area contributed by atoms with Crippen LogP contribution in [0.15, 0.2) is 12.5 Å². The van der Waals surface area contributed by atoms with Gasteiger partial charge in [-0.25, -0.2) is 13.8 Å². The predicted molar refractivity (Wildman–Crippen MR) is 40.8 cm³/mol. The molecule has 0 bridgehead atoms. The Morgan fingerprint density at radius 3 is 2.58 bits per heavy atom. The maximum atomic E-state index is 12.4. The molecule has 0 radical (unpaired) electrons. The van der Waals surface area contributed by atoms with Crippen molar-refractivity contribution in [2.24, 2.45) is 12.8 Å². The van der Waals surface area contributed by atoms with Crippen LogP contribution in [0.1, 0.15) is 12.6 Å². The van der Waals surface area contributed by atoms with Crippen LogP contribution in [-0.4, -0.2) is 16.0 Å². The number of hydrogen-bond acceptors (Lipinski definition) is 2. The molecule has 0 saturated carbocycles. The van der Waals surface area contributed by atoms with E-state index in [2.05, 4.69) is 4.98 Å². The van der Waals surface area contributed by atoms with Crippen LogP contribution in [0.5, 0.6) is 0 Å². The number of hydrogen-bond donors (Lipinski definition) is 1. The molecule has 0 fully saturated rings. The van der Waals surface area contributed by atoms with E-state index >= 15 is 0 Å². The topological polar surface area (TPSA) is 43.8 Å². The molecule has 1 rings (SSSR count). The van der Waals surface area contributed by atoms with Crippen LogP contribution in [-0.2, 0) is 12.6 Å². The highest BCUT2D eigenvalue weighted by molar-refractivity contribution is 5.12. The molecule has 0 aliphatic heterocycles. The zero-order valence-corrected chi connectivity index (χ0v) is 6.96. The van der Waals surface area contributed by atoms with Gasteiger partial charge in [-0.15, -0.1) is 0 Å². The third-order valence-corrected chi connectivity index (χ3v) is 1.82. The highest BCUT2D eigenvalue weighted by Gasteiger charge is 2.34. The molecular formula is C7H11F2N3. The number of aromatic nitrogens is 2. The minimum atomic E-state index is -2.59. The number of imidazole rings is 1. The number of halogens is 2. The molecule has 1 aromatic heterocycles. The summed E-state index contributed by atoms with van der Waals surface area (Å²) in [6.45, 7) is 1.29. The van der Waals surface area contributed by atoms with Crippen molar-refractivity contribution in [3.05, 3.63) is 18.2 Å². The second-order valence-corrected chi connectivity index (χ2v) is 2.97. The molecule has 0 aliphatic rings. The Kier molecular flexibility index (Phi) is 2.14. The molecule has 1 heterocycles. The quantitative estimate of drug-likeness (QED) is 0.724. The summed E-state index contributed by atoms with van der Waals surface area (Å²) >= 11 is 0. The Bertz CT molecular complexity index is 267. The molecule has 0 aliphatic carbocycles. The van der Waals surface area contributed by atoms with Crippen molar-refractivity contribution in [1.82, 2.24) is 9.55 Å². The van der Waals surface area contributed by atoms with Gasteiger partial charge >= 0.3 is 0 Å². The van der Waals surface area contributed by atoms with E-state index in [1.807, 2.05) is 0 Å². The Hall–Kier alpha value is -0.970. The summed E-state index contributed by atoms with van der Waals surface area (Å²) in [5, 5.41) is 0. The van der Waals surface area contributed by atoms with E-state index in [1.54, 1.807) is 7.05 Å². The number of alkyl halides is 2. The van der Waals surface area contributed by atoms with Gasteiger partial charge in [0.15, 0.2) is 0 Å². The Labute approximate surface area is 69.2 Å². The molecule has 3 nitrogen and oxygen atoms in total. The SMILES string of the molecule is Cn1cncc1C(C)(N)C(F)F. The smallest absolute Gasteiger partial charge is 0.261 e. The Morgan fingerprint density at radius 2 is 2.25 bits per heavy atom. The minimum Gasteiger partial charge on any atom is -0.336 e. The van der Waals surface area contributed by atoms with Crippen LogP contribution >= 0.6 is 0 Å². The fraction of sp³-hybridized carbons (Fsp3) is 0.571. The largest absolute Gasteiger partial charge is 0.336 e. The Morgan fingerprint density at radius 1 is 1.67 bits per heavy atom. The van der Waals surface area contributed by atoms with E-state index < -0.39 is 12.0 Å². The van der Waals surface area contributed by atoms with Crippen LogP contribution in [0.4, 0.5) is 8.78 Å². The van der Waals surface area contributed by atoms with Crippen LogP contribution in [0.2, 0.25) is 0 Å². The van der Waals surface area contributed by atoms with Gasteiger partial charge in [-0.1, -0.05) is 0 Å². The summed E-state index contributed by atoms with van der Waals surface area (Å²) in [6.07, 6.45) is 0.211. The summed E-state index contributed by atoms with van der Waals surface area (Å²) in [5.41, 5.74) is 4.13. The average Bonchev–Trinajstić information content (AvgIpc) is 2.35. The fourth-order valence-corrected chi connectivity index (χ4v) is 0.988. The first-order valence-corrected chi connectivity index (χ1v) is 3.50. The van der Waals surface area contributed by atoms with Crippen LogP contribution in [0, 0.1) is 0 Å². The lowest BCUT2D eigenvalue weighted by molar-refractivity contribution is 0.0586. The average molecular weight is 175 g/mol. The number of nitrogens with two attached hydrogens (primary N) is 1. The standard InChI is InChI=1S/C7H11F2N3/c1-7(10,6(8)9)5-3-11-4-12(5)2/h3-4,6H,10H2,1-2H3. The first kappa shape index (κ1) is 9.12. The first-order chi connectivity index (χ1) is 5.46. The van der Waals surface area contributed by atoms with E-state index in [0.29, 0.717) is 5.69 Å². The molecular weight excluding hydrogens is 164 g/mol. The van der Waals surface area contributed by atoms with Crippen molar-refractivity contribution in [3.8, 4) is 0 Å². The summed E-state index contributed by atoms with van der Waals surface area (Å²) in [6, 6.07) is 0. The first-order valence-electron chi connectivity index (χ1n) is 3.50. The van der Waals surface area contributed by atoms with Crippen LogP contribution in [0.25, 0.3) is 0 Å². The molecule has 2 N–H and O–H groups in total. The van der Waals surface area contributed by atoms with E-state index in [4.69, 9.17) is 5.73 Å². The van der Waals surface area contributed by atoms with E-state index in [-0.39, 0.29) is 0 Å². The predicted octanol–water partition coefficient (Wildman–Crippen LogP) is 0.859. The molecule has 1 atom stereocenters. The lowest BCUT2D eigenvalue weighted by Gasteiger charge is -2.23. The molecule has 0 aromatic carbocycles. The lowest BCUT2D eigenvalue weighted by atomic mass is 10.0. The highest BCUT2D eigenvalue weighted by Crippen LogP contribution is 2.23. The van der Waals surface area contributed by atoms with Gasteiger partial charge in [0.25, 0.3) is 6.43 Å². The molecule has 1 aromatic rings. The van der Waals surface area contributed by atoms with Crippen LogP contribution in [0.3, 0.4) is 0 Å². The van der Waals surface area contributed by atoms with Gasteiger partial charge in [-0.2, -0.15) is 0 Å². The monoisotopic (exact) mass is 175 g/mol. The normalized spacial score (nSPS) is 16.5. The number of rotatable bonds is 2. The molecule has 5 heteroatoms. The van der Waals surface area contributed by atoms with E-state index in [9.17, 15) is 8.78 Å². The van der Waals surface area contributed by atoms with E-state index in [0.717, 1.165) is 0 Å². The second-order valence-electron chi connectivity index (χ2n) is 2.97. The van der Waals surface area contributed by atoms with Gasteiger partial charge in [-0.3, -0.25) is 0 Å². The maximum absolute atomic E-state index is 12.4. The zero-order chi connectivity index (χ0) is 9.35. The summed E-state index contributed by atoms with van der Waals surface area (Å²) < 4.78 is 26.3. The zero-order valence-electron chi connectivity index (χ0n) is 6.96. The van der Waals surface area contributed by atoms with Gasteiger partial charge in [0, 0.05) is 7.05 Å². The van der Waals surface area contributed by atoms with Crippen molar-refractivity contribution in [2.45, 2.75) is 18.9 Å². The van der Waals surface area contributed by atoms with Gasteiger partial charge in [-0.05, 0) is 6.92 Å². The third-order valence-electron chi connectivity index (χ3n) is 1.82. The van der Waals surface area contributed by atoms with Crippen molar-refractivity contribution in [1.29, 1.82) is 0 Å². The number of nitrogens with zero attached hydrogens (tertiary/aromatic N) is 2. The lowest BCUT2D eigenvalue weighted by Crippen LogP contribution is -2.42. The molecule has 0 saturated heterocycles. The number of aryl methyl sites for hydroxylation is 1. The van der Waals surface area contributed by atoms with Gasteiger partial charge in [0.05, 0.1) is 18.2 Å². The molecule has 68 valence electrons. The van der Waals surface area contributed by atoms with Crippen LogP contribution < -0.4 is 5.73 Å². The molecule has 0 amide bonds. The fourth-order valence-electron chi connectivity index (χ4n) is 0.988. The summed E-state index contributed by atoms with van der Waals surface area (Å²) in [5.74, 6) is 0. The van der Waals surface area contributed by atoms with Gasteiger partial charge in [0.1, 0.15) is 5.54 Å². The summed E-state index contributed by atoms with van der Waals surface area (Å²) in [7, 11) is 1.63. The highest BCUT2D eigenvalue weighted by atomic mass is 19.3. The van der Waals surface area contributed by atoms with Crippen molar-refractivity contribution < 1.29 is 8.78 Å². The second kappa shape index (κ2) is 2.82. The molecule has 1 unspecified atom stereocenters. The minimum absolute atomic E-state index is 0.331. The van der Waals surface area contributed by atoms with Gasteiger partial charge < -0.3 is 10.3 Å².